The maximum Gasteiger partial charge on any atom is 0.434 e. The van der Waals surface area contributed by atoms with Gasteiger partial charge in [-0.3, -0.25) is 4.40 Å². The molecule has 4 heterocycles. The number of fused-ring (bicyclic) bond motifs is 2. The van der Waals surface area contributed by atoms with Gasteiger partial charge >= 0.3 is 6.18 Å². The number of alkyl halides is 3. The highest BCUT2D eigenvalue weighted by atomic mass is 19.4. The number of nitrogens with one attached hydrogen (secondary N) is 2. The lowest BCUT2D eigenvalue weighted by atomic mass is 10.0. The van der Waals surface area contributed by atoms with Gasteiger partial charge in [-0.25, -0.2) is 14.5 Å². The van der Waals surface area contributed by atoms with Crippen molar-refractivity contribution in [1.82, 2.24) is 29.3 Å². The molecule has 0 aliphatic rings. The first-order chi connectivity index (χ1) is 19.1. The van der Waals surface area contributed by atoms with Gasteiger partial charge in [-0.15, -0.1) is 0 Å². The zero-order valence-electron chi connectivity index (χ0n) is 25.0. The van der Waals surface area contributed by atoms with E-state index in [1.54, 1.807) is 24.4 Å². The Balaban J connectivity index is 0.00000134. The lowest BCUT2D eigenvalue weighted by molar-refractivity contribution is -0.140. The zero-order chi connectivity index (χ0) is 30.0. The van der Waals surface area contributed by atoms with E-state index in [1.165, 1.54) is 4.40 Å². The van der Waals surface area contributed by atoms with Gasteiger partial charge in [0.2, 0.25) is 0 Å². The summed E-state index contributed by atoms with van der Waals surface area (Å²) in [5.41, 5.74) is 3.70. The second-order valence-electron chi connectivity index (χ2n) is 9.33. The van der Waals surface area contributed by atoms with Crippen LogP contribution in [0, 0.1) is 13.8 Å². The number of anilines is 1. The Morgan fingerprint density at radius 2 is 1.75 bits per heavy atom. The average molecular weight is 560 g/mol. The number of imidazole rings is 1. The molecule has 0 aliphatic heterocycles. The molecule has 2 unspecified atom stereocenters. The third-order valence-electron chi connectivity index (χ3n) is 6.24. The summed E-state index contributed by atoms with van der Waals surface area (Å²) in [6.07, 6.45) is 1.85. The van der Waals surface area contributed by atoms with Gasteiger partial charge in [0, 0.05) is 35.4 Å². The SMILES string of the molecule is C=C(NC(C)CCC(CCC)Nc1cccc2nc(C(F)(F)F)cn12)c1cnn2c(C)cc(C)nc12.CC.CC. The molecule has 4 rings (SSSR count). The van der Waals surface area contributed by atoms with E-state index in [-0.39, 0.29) is 17.7 Å². The summed E-state index contributed by atoms with van der Waals surface area (Å²) < 4.78 is 42.8. The molecule has 40 heavy (non-hydrogen) atoms. The highest BCUT2D eigenvalue weighted by Crippen LogP contribution is 2.30. The summed E-state index contributed by atoms with van der Waals surface area (Å²) in [7, 11) is 0. The van der Waals surface area contributed by atoms with Crippen LogP contribution in [0.15, 0.2) is 43.2 Å². The topological polar surface area (TPSA) is 71.5 Å². The Kier molecular flexibility index (Phi) is 12.0. The molecule has 0 radical (unpaired) electrons. The molecule has 0 bridgehead atoms. The quantitative estimate of drug-likeness (QED) is 0.206. The van der Waals surface area contributed by atoms with Crippen molar-refractivity contribution in [2.45, 2.75) is 99.3 Å². The molecule has 2 N–H and O–H groups in total. The lowest BCUT2D eigenvalue weighted by Crippen LogP contribution is -2.28. The molecule has 0 aromatic carbocycles. The number of halogens is 3. The highest BCUT2D eigenvalue weighted by Gasteiger charge is 2.34. The maximum absolute atomic E-state index is 13.2. The smallest absolute Gasteiger partial charge is 0.382 e. The van der Waals surface area contributed by atoms with E-state index in [1.807, 2.05) is 52.1 Å². The number of aromatic nitrogens is 5. The number of hydrogen-bond acceptors (Lipinski definition) is 5. The van der Waals surface area contributed by atoms with E-state index in [0.29, 0.717) is 5.82 Å². The molecule has 0 saturated heterocycles. The van der Waals surface area contributed by atoms with Crippen molar-refractivity contribution in [3.05, 3.63) is 65.9 Å². The van der Waals surface area contributed by atoms with Crippen molar-refractivity contribution in [3.63, 3.8) is 0 Å². The fraction of sp³-hybridized carbons (Fsp3) is 0.500. The molecular weight excluding hydrogens is 515 g/mol. The summed E-state index contributed by atoms with van der Waals surface area (Å²) in [5.74, 6) is 0.599. The Bertz CT molecular complexity index is 1370. The van der Waals surface area contributed by atoms with Crippen molar-refractivity contribution in [2.24, 2.45) is 0 Å². The van der Waals surface area contributed by atoms with Crippen LogP contribution in [0.3, 0.4) is 0 Å². The van der Waals surface area contributed by atoms with Gasteiger partial charge in [-0.05, 0) is 58.2 Å². The standard InChI is InChI=1S/C26H32F3N7.2C2H6/c1-6-8-20(33-23-9-7-10-24-34-22(15-35(23)24)26(27,28)29)12-11-16(2)31-19(5)21-14-30-36-18(4)13-17(3)32-25(21)36;2*1-2/h7,9-10,13-16,20,31,33H,5-6,8,11-12H2,1-4H3;2*1-2H3. The van der Waals surface area contributed by atoms with Crippen molar-refractivity contribution in [2.75, 3.05) is 5.32 Å². The summed E-state index contributed by atoms with van der Waals surface area (Å²) in [6.45, 7) is 20.4. The third-order valence-corrected chi connectivity index (χ3v) is 6.24. The van der Waals surface area contributed by atoms with Crippen LogP contribution in [0.2, 0.25) is 0 Å². The molecule has 0 fully saturated rings. The van der Waals surface area contributed by atoms with Crippen LogP contribution >= 0.6 is 0 Å². The first-order valence-electron chi connectivity index (χ1n) is 14.2. The largest absolute Gasteiger partial charge is 0.434 e. The molecule has 0 spiro atoms. The molecule has 2 atom stereocenters. The van der Waals surface area contributed by atoms with Gasteiger partial charge in [0.15, 0.2) is 11.3 Å². The number of rotatable bonds is 10. The summed E-state index contributed by atoms with van der Waals surface area (Å²) >= 11 is 0. The van der Waals surface area contributed by atoms with E-state index in [4.69, 9.17) is 0 Å². The molecule has 0 saturated carbocycles. The summed E-state index contributed by atoms with van der Waals surface area (Å²) in [4.78, 5) is 8.35. The van der Waals surface area contributed by atoms with Crippen LogP contribution in [0.25, 0.3) is 17.0 Å². The Morgan fingerprint density at radius 3 is 2.40 bits per heavy atom. The predicted molar refractivity (Wildman–Crippen MR) is 159 cm³/mol. The number of nitrogens with zero attached hydrogens (tertiary/aromatic N) is 5. The second kappa shape index (κ2) is 14.7. The first kappa shape index (κ1) is 32.7. The van der Waals surface area contributed by atoms with Gasteiger partial charge in [0.25, 0.3) is 0 Å². The van der Waals surface area contributed by atoms with E-state index in [0.717, 1.165) is 60.2 Å². The molecule has 0 amide bonds. The van der Waals surface area contributed by atoms with Crippen LogP contribution < -0.4 is 10.6 Å². The van der Waals surface area contributed by atoms with Crippen molar-refractivity contribution in [1.29, 1.82) is 0 Å². The number of aryl methyl sites for hydroxylation is 2. The van der Waals surface area contributed by atoms with Gasteiger partial charge in [0.05, 0.1) is 11.8 Å². The fourth-order valence-corrected chi connectivity index (χ4v) is 4.49. The second-order valence-corrected chi connectivity index (χ2v) is 9.33. The van der Waals surface area contributed by atoms with Crippen LogP contribution in [0.1, 0.15) is 89.9 Å². The lowest BCUT2D eigenvalue weighted by Gasteiger charge is -2.23. The van der Waals surface area contributed by atoms with Gasteiger partial charge < -0.3 is 10.6 Å². The van der Waals surface area contributed by atoms with Crippen LogP contribution in [-0.4, -0.2) is 36.1 Å². The average Bonchev–Trinajstić information content (AvgIpc) is 3.55. The van der Waals surface area contributed by atoms with Crippen LogP contribution in [-0.2, 0) is 6.18 Å². The Morgan fingerprint density at radius 1 is 1.05 bits per heavy atom. The van der Waals surface area contributed by atoms with Crippen molar-refractivity contribution < 1.29 is 13.2 Å². The number of pyridine rings is 1. The van der Waals surface area contributed by atoms with E-state index >= 15 is 0 Å². The van der Waals surface area contributed by atoms with Crippen LogP contribution in [0.4, 0.5) is 19.0 Å². The normalized spacial score (nSPS) is 12.7. The van der Waals surface area contributed by atoms with E-state index < -0.39 is 11.9 Å². The first-order valence-corrected chi connectivity index (χ1v) is 14.2. The molecule has 4 aromatic rings. The monoisotopic (exact) mass is 559 g/mol. The zero-order valence-corrected chi connectivity index (χ0v) is 25.0. The molecule has 10 heteroatoms. The third kappa shape index (κ3) is 7.99. The molecular formula is C30H44F3N7. The fourth-order valence-electron chi connectivity index (χ4n) is 4.49. The molecule has 0 aliphatic carbocycles. The Labute approximate surface area is 235 Å². The van der Waals surface area contributed by atoms with E-state index in [2.05, 4.69) is 46.1 Å². The van der Waals surface area contributed by atoms with Crippen molar-refractivity contribution >= 4 is 22.8 Å². The van der Waals surface area contributed by atoms with Crippen molar-refractivity contribution in [3.8, 4) is 0 Å². The maximum atomic E-state index is 13.2. The minimum Gasteiger partial charge on any atom is -0.382 e. The summed E-state index contributed by atoms with van der Waals surface area (Å²) in [5, 5.41) is 11.4. The molecule has 4 aromatic heterocycles. The number of hydrogen-bond donors (Lipinski definition) is 2. The van der Waals surface area contributed by atoms with Crippen LogP contribution in [0.5, 0.6) is 0 Å². The van der Waals surface area contributed by atoms with Gasteiger partial charge in [-0.2, -0.15) is 18.3 Å². The minimum atomic E-state index is -4.48. The molecule has 220 valence electrons. The Hall–Kier alpha value is -3.56. The predicted octanol–water partition coefficient (Wildman–Crippen LogP) is 8.07. The summed E-state index contributed by atoms with van der Waals surface area (Å²) in [6, 6.07) is 7.28. The highest BCUT2D eigenvalue weighted by molar-refractivity contribution is 5.73. The minimum absolute atomic E-state index is 0.0961. The van der Waals surface area contributed by atoms with Gasteiger partial charge in [-0.1, -0.05) is 53.7 Å². The van der Waals surface area contributed by atoms with E-state index in [9.17, 15) is 13.2 Å². The van der Waals surface area contributed by atoms with Gasteiger partial charge in [0.1, 0.15) is 11.5 Å². The molecule has 7 nitrogen and oxygen atoms in total.